The molecule has 1 rings (SSSR count). The van der Waals surface area contributed by atoms with Gasteiger partial charge in [0.1, 0.15) is 0 Å². The maximum absolute atomic E-state index is 10.5. The summed E-state index contributed by atoms with van der Waals surface area (Å²) in [6.07, 6.45) is 0.290. The molecule has 2 unspecified atom stereocenters. The fourth-order valence-corrected chi connectivity index (χ4v) is 1.17. The van der Waals surface area contributed by atoms with Gasteiger partial charge in [0, 0.05) is 12.8 Å². The minimum absolute atomic E-state index is 0.145. The van der Waals surface area contributed by atoms with Gasteiger partial charge in [0.05, 0.1) is 11.8 Å². The standard InChI is InChI=1S/C8H8O4/c9-7(10)5-3-1-2-4-6(5)8(11)12/h5-6H,3-4H2,(H,9,10)(H,11,12). The van der Waals surface area contributed by atoms with E-state index in [1.807, 2.05) is 0 Å². The molecule has 0 spiro atoms. The van der Waals surface area contributed by atoms with Crippen molar-refractivity contribution in [1.82, 2.24) is 0 Å². The third kappa shape index (κ3) is 1.56. The lowest BCUT2D eigenvalue weighted by atomic mass is 9.84. The molecule has 0 amide bonds. The number of carboxylic acid groups (broad SMARTS) is 2. The fourth-order valence-electron chi connectivity index (χ4n) is 1.17. The molecule has 0 saturated heterocycles. The summed E-state index contributed by atoms with van der Waals surface area (Å²) in [4.78, 5) is 21.1. The van der Waals surface area contributed by atoms with E-state index in [0.717, 1.165) is 0 Å². The Kier molecular flexibility index (Phi) is 2.34. The Labute approximate surface area is 69.2 Å². The van der Waals surface area contributed by atoms with Crippen molar-refractivity contribution in [1.29, 1.82) is 0 Å². The molecule has 0 bridgehead atoms. The summed E-state index contributed by atoms with van der Waals surface area (Å²) in [5, 5.41) is 17.3. The Hall–Kier alpha value is -1.50. The Morgan fingerprint density at radius 3 is 1.58 bits per heavy atom. The van der Waals surface area contributed by atoms with Crippen LogP contribution in [-0.4, -0.2) is 22.2 Å². The molecule has 4 heteroatoms. The summed E-state index contributed by atoms with van der Waals surface area (Å²) in [6, 6.07) is 0. The molecule has 0 aromatic rings. The zero-order chi connectivity index (χ0) is 9.14. The van der Waals surface area contributed by atoms with Crippen LogP contribution in [0.3, 0.4) is 0 Å². The zero-order valence-corrected chi connectivity index (χ0v) is 6.28. The number of carboxylic acids is 2. The highest BCUT2D eigenvalue weighted by atomic mass is 16.4. The molecule has 64 valence electrons. The summed E-state index contributed by atoms with van der Waals surface area (Å²) < 4.78 is 0. The molecule has 0 saturated carbocycles. The molecule has 0 aromatic heterocycles. The van der Waals surface area contributed by atoms with Crippen LogP contribution in [0.5, 0.6) is 0 Å². The molecule has 1 aliphatic rings. The van der Waals surface area contributed by atoms with Crippen molar-refractivity contribution in [3.05, 3.63) is 0 Å². The average molecular weight is 168 g/mol. The van der Waals surface area contributed by atoms with Crippen molar-refractivity contribution in [3.8, 4) is 11.8 Å². The summed E-state index contributed by atoms with van der Waals surface area (Å²) in [7, 11) is 0. The van der Waals surface area contributed by atoms with Crippen LogP contribution < -0.4 is 0 Å². The molecule has 0 fully saturated rings. The van der Waals surface area contributed by atoms with Gasteiger partial charge in [0.2, 0.25) is 0 Å². The Balaban J connectivity index is 2.79. The van der Waals surface area contributed by atoms with E-state index in [0.29, 0.717) is 0 Å². The van der Waals surface area contributed by atoms with Crippen molar-refractivity contribution in [3.63, 3.8) is 0 Å². The van der Waals surface area contributed by atoms with E-state index >= 15 is 0 Å². The number of rotatable bonds is 2. The van der Waals surface area contributed by atoms with Gasteiger partial charge in [-0.15, -0.1) is 11.8 Å². The lowest BCUT2D eigenvalue weighted by Gasteiger charge is -2.18. The molecule has 0 aliphatic heterocycles. The lowest BCUT2D eigenvalue weighted by Crippen LogP contribution is -2.30. The van der Waals surface area contributed by atoms with Gasteiger partial charge in [-0.1, -0.05) is 0 Å². The highest BCUT2D eigenvalue weighted by Gasteiger charge is 2.33. The van der Waals surface area contributed by atoms with Crippen LogP contribution >= 0.6 is 0 Å². The third-order valence-electron chi connectivity index (χ3n) is 1.89. The van der Waals surface area contributed by atoms with Gasteiger partial charge >= 0.3 is 11.9 Å². The maximum atomic E-state index is 10.5. The van der Waals surface area contributed by atoms with Crippen molar-refractivity contribution in [2.45, 2.75) is 12.8 Å². The third-order valence-corrected chi connectivity index (χ3v) is 1.89. The summed E-state index contributed by atoms with van der Waals surface area (Å²) in [5.74, 6) is 1.38. The highest BCUT2D eigenvalue weighted by Crippen LogP contribution is 2.22. The van der Waals surface area contributed by atoms with Crippen molar-refractivity contribution >= 4 is 11.9 Å². The molecular weight excluding hydrogens is 160 g/mol. The van der Waals surface area contributed by atoms with Gasteiger partial charge in [0.15, 0.2) is 0 Å². The molecular formula is C8H8O4. The average Bonchev–Trinajstić information content (AvgIpc) is 2.04. The predicted molar refractivity (Wildman–Crippen MR) is 39.3 cm³/mol. The van der Waals surface area contributed by atoms with Crippen LogP contribution in [0.4, 0.5) is 0 Å². The quantitative estimate of drug-likeness (QED) is 0.577. The number of hydrogen-bond donors (Lipinski definition) is 2. The lowest BCUT2D eigenvalue weighted by molar-refractivity contribution is -0.153. The van der Waals surface area contributed by atoms with Crippen LogP contribution in [0.1, 0.15) is 12.8 Å². The van der Waals surface area contributed by atoms with E-state index in [4.69, 9.17) is 10.2 Å². The minimum atomic E-state index is -1.07. The smallest absolute Gasteiger partial charge is 0.308 e. The predicted octanol–water partition coefficient (Wildman–Crippen LogP) is 0.185. The van der Waals surface area contributed by atoms with E-state index in [-0.39, 0.29) is 12.8 Å². The zero-order valence-electron chi connectivity index (χ0n) is 6.28. The van der Waals surface area contributed by atoms with E-state index < -0.39 is 23.8 Å². The largest absolute Gasteiger partial charge is 0.481 e. The first-order valence-corrected chi connectivity index (χ1v) is 3.54. The maximum Gasteiger partial charge on any atom is 0.308 e. The van der Waals surface area contributed by atoms with E-state index in [2.05, 4.69) is 11.8 Å². The first-order valence-electron chi connectivity index (χ1n) is 3.54. The highest BCUT2D eigenvalue weighted by molar-refractivity contribution is 5.80. The number of hydrogen-bond acceptors (Lipinski definition) is 2. The van der Waals surface area contributed by atoms with Gasteiger partial charge < -0.3 is 10.2 Å². The second-order valence-corrected chi connectivity index (χ2v) is 2.65. The topological polar surface area (TPSA) is 74.6 Å². The SMILES string of the molecule is O=C(O)C1CC#CCC1C(=O)O. The second kappa shape index (κ2) is 3.26. The minimum Gasteiger partial charge on any atom is -0.481 e. The molecule has 4 nitrogen and oxygen atoms in total. The van der Waals surface area contributed by atoms with E-state index in [9.17, 15) is 9.59 Å². The van der Waals surface area contributed by atoms with Gasteiger partial charge in [0.25, 0.3) is 0 Å². The number of aliphatic carboxylic acids is 2. The summed E-state index contributed by atoms with van der Waals surface area (Å²) in [6.45, 7) is 0. The Morgan fingerprint density at radius 2 is 1.33 bits per heavy atom. The Morgan fingerprint density at radius 1 is 1.00 bits per heavy atom. The molecule has 1 aliphatic carbocycles. The van der Waals surface area contributed by atoms with E-state index in [1.165, 1.54) is 0 Å². The van der Waals surface area contributed by atoms with E-state index in [1.54, 1.807) is 0 Å². The summed E-state index contributed by atoms with van der Waals surface area (Å²) in [5.41, 5.74) is 0. The van der Waals surface area contributed by atoms with Crippen molar-refractivity contribution in [2.24, 2.45) is 11.8 Å². The molecule has 2 N–H and O–H groups in total. The van der Waals surface area contributed by atoms with Crippen molar-refractivity contribution in [2.75, 3.05) is 0 Å². The number of carbonyl (C=O) groups is 2. The fraction of sp³-hybridized carbons (Fsp3) is 0.500. The van der Waals surface area contributed by atoms with Crippen LogP contribution in [0.2, 0.25) is 0 Å². The van der Waals surface area contributed by atoms with Crippen LogP contribution in [0.15, 0.2) is 0 Å². The second-order valence-electron chi connectivity index (χ2n) is 2.65. The molecule has 0 heterocycles. The molecule has 12 heavy (non-hydrogen) atoms. The molecule has 0 radical (unpaired) electrons. The Bertz CT molecular complexity index is 245. The van der Waals surface area contributed by atoms with Gasteiger partial charge in [-0.2, -0.15) is 0 Å². The van der Waals surface area contributed by atoms with Gasteiger partial charge in [-0.05, 0) is 0 Å². The molecule has 2 atom stereocenters. The first-order chi connectivity index (χ1) is 5.63. The monoisotopic (exact) mass is 168 g/mol. The van der Waals surface area contributed by atoms with Crippen molar-refractivity contribution < 1.29 is 19.8 Å². The van der Waals surface area contributed by atoms with Crippen LogP contribution in [0.25, 0.3) is 0 Å². The van der Waals surface area contributed by atoms with Crippen LogP contribution in [-0.2, 0) is 9.59 Å². The first kappa shape index (κ1) is 8.60. The van der Waals surface area contributed by atoms with Gasteiger partial charge in [-0.3, -0.25) is 9.59 Å². The van der Waals surface area contributed by atoms with Crippen LogP contribution in [0, 0.1) is 23.7 Å². The van der Waals surface area contributed by atoms with Gasteiger partial charge in [-0.25, -0.2) is 0 Å². The molecule has 0 aromatic carbocycles. The normalized spacial score (nSPS) is 27.0. The summed E-state index contributed by atoms with van der Waals surface area (Å²) >= 11 is 0.